The lowest BCUT2D eigenvalue weighted by atomic mass is 9.95. The van der Waals surface area contributed by atoms with Gasteiger partial charge in [-0.15, -0.1) is 11.3 Å². The van der Waals surface area contributed by atoms with Crippen LogP contribution in [0.4, 0.5) is 0 Å². The summed E-state index contributed by atoms with van der Waals surface area (Å²) in [4.78, 5) is 5.21. The highest BCUT2D eigenvalue weighted by Crippen LogP contribution is 2.38. The molecule has 2 heterocycles. The number of benzene rings is 1. The predicted molar refractivity (Wildman–Crippen MR) is 99.6 cm³/mol. The van der Waals surface area contributed by atoms with Gasteiger partial charge in [-0.3, -0.25) is 4.90 Å². The molecule has 3 rings (SSSR count). The van der Waals surface area contributed by atoms with E-state index in [0.29, 0.717) is 0 Å². The Morgan fingerprint density at radius 1 is 1.04 bits per heavy atom. The van der Waals surface area contributed by atoms with Crippen LogP contribution in [-0.4, -0.2) is 31.1 Å². The summed E-state index contributed by atoms with van der Waals surface area (Å²) in [6.07, 6.45) is 2.67. The number of hydrogen-bond acceptors (Lipinski definition) is 3. The van der Waals surface area contributed by atoms with Gasteiger partial charge in [-0.2, -0.15) is 0 Å². The molecule has 0 atom stereocenters. The monoisotopic (exact) mass is 329 g/mol. The molecule has 1 aromatic heterocycles. The van der Waals surface area contributed by atoms with Crippen LogP contribution >= 0.6 is 11.3 Å². The Morgan fingerprint density at radius 3 is 2.48 bits per heavy atom. The smallest absolute Gasteiger partial charge is 0.128 e. The molecule has 1 aliphatic heterocycles. The fourth-order valence-electron chi connectivity index (χ4n) is 2.97. The van der Waals surface area contributed by atoms with Gasteiger partial charge in [-0.25, -0.2) is 0 Å². The van der Waals surface area contributed by atoms with E-state index in [1.165, 1.54) is 41.2 Å². The van der Waals surface area contributed by atoms with E-state index < -0.39 is 0 Å². The van der Waals surface area contributed by atoms with Crippen molar-refractivity contribution in [1.82, 2.24) is 4.90 Å². The molecule has 1 aliphatic rings. The van der Waals surface area contributed by atoms with Crippen LogP contribution in [0, 0.1) is 0 Å². The van der Waals surface area contributed by atoms with Gasteiger partial charge in [-0.05, 0) is 55.6 Å². The van der Waals surface area contributed by atoms with E-state index in [1.807, 2.05) is 11.3 Å². The average Bonchev–Trinajstić information content (AvgIpc) is 3.18. The zero-order chi connectivity index (χ0) is 16.3. The molecule has 0 N–H and O–H groups in total. The molecule has 0 radical (unpaired) electrons. The Labute approximate surface area is 144 Å². The second kappa shape index (κ2) is 7.06. The Morgan fingerprint density at radius 2 is 1.78 bits per heavy atom. The third-order valence-electron chi connectivity index (χ3n) is 4.36. The van der Waals surface area contributed by atoms with E-state index in [0.717, 1.165) is 18.9 Å². The average molecular weight is 330 g/mol. The zero-order valence-corrected chi connectivity index (χ0v) is 15.3. The SMILES string of the molecule is CC(C)(C)c1ccc(-c2ccccc2OCCN2CCCC2)s1. The maximum atomic E-state index is 6.11. The van der Waals surface area contributed by atoms with E-state index in [2.05, 4.69) is 62.1 Å². The van der Waals surface area contributed by atoms with Gasteiger partial charge < -0.3 is 4.74 Å². The number of rotatable bonds is 5. The van der Waals surface area contributed by atoms with Gasteiger partial charge >= 0.3 is 0 Å². The van der Waals surface area contributed by atoms with Gasteiger partial charge in [0.1, 0.15) is 12.4 Å². The molecule has 0 amide bonds. The van der Waals surface area contributed by atoms with Gasteiger partial charge in [0.25, 0.3) is 0 Å². The van der Waals surface area contributed by atoms with Crippen molar-refractivity contribution in [3.8, 4) is 16.2 Å². The van der Waals surface area contributed by atoms with Crippen molar-refractivity contribution in [3.05, 3.63) is 41.3 Å². The first kappa shape index (κ1) is 16.5. The summed E-state index contributed by atoms with van der Waals surface area (Å²) < 4.78 is 6.11. The van der Waals surface area contributed by atoms with Gasteiger partial charge in [-0.1, -0.05) is 32.9 Å². The lowest BCUT2D eigenvalue weighted by Gasteiger charge is -2.17. The van der Waals surface area contributed by atoms with Crippen LogP contribution in [0.15, 0.2) is 36.4 Å². The number of likely N-dealkylation sites (tertiary alicyclic amines) is 1. The summed E-state index contributed by atoms with van der Waals surface area (Å²) >= 11 is 1.88. The minimum absolute atomic E-state index is 0.203. The topological polar surface area (TPSA) is 12.5 Å². The fraction of sp³-hybridized carbons (Fsp3) is 0.500. The molecular weight excluding hydrogens is 302 g/mol. The van der Waals surface area contributed by atoms with Crippen LogP contribution in [0.3, 0.4) is 0 Å². The van der Waals surface area contributed by atoms with Crippen molar-refractivity contribution in [2.75, 3.05) is 26.2 Å². The summed E-state index contributed by atoms with van der Waals surface area (Å²) in [6.45, 7) is 11.1. The van der Waals surface area contributed by atoms with Crippen LogP contribution in [0.2, 0.25) is 0 Å². The first-order chi connectivity index (χ1) is 11.0. The third-order valence-corrected chi connectivity index (χ3v) is 5.91. The Hall–Kier alpha value is -1.32. The Balaban J connectivity index is 1.71. The maximum absolute atomic E-state index is 6.11. The summed E-state index contributed by atoms with van der Waals surface area (Å²) in [5, 5.41) is 0. The lowest BCUT2D eigenvalue weighted by Crippen LogP contribution is -2.25. The molecule has 1 aromatic carbocycles. The van der Waals surface area contributed by atoms with Crippen LogP contribution in [-0.2, 0) is 5.41 Å². The van der Waals surface area contributed by atoms with E-state index in [-0.39, 0.29) is 5.41 Å². The van der Waals surface area contributed by atoms with E-state index in [1.54, 1.807) is 0 Å². The molecular formula is C20H27NOS. The fourth-order valence-corrected chi connectivity index (χ4v) is 4.07. The number of thiophene rings is 1. The maximum Gasteiger partial charge on any atom is 0.128 e. The third kappa shape index (κ3) is 4.15. The lowest BCUT2D eigenvalue weighted by molar-refractivity contribution is 0.238. The highest BCUT2D eigenvalue weighted by molar-refractivity contribution is 7.15. The van der Waals surface area contributed by atoms with Crippen molar-refractivity contribution in [2.45, 2.75) is 39.0 Å². The molecule has 0 bridgehead atoms. The number of para-hydroxylation sites is 1. The van der Waals surface area contributed by atoms with E-state index in [9.17, 15) is 0 Å². The molecule has 0 spiro atoms. The van der Waals surface area contributed by atoms with E-state index in [4.69, 9.17) is 4.74 Å². The molecule has 1 fully saturated rings. The predicted octanol–water partition coefficient (Wildman–Crippen LogP) is 5.19. The summed E-state index contributed by atoms with van der Waals surface area (Å²) in [5.74, 6) is 1.01. The van der Waals surface area contributed by atoms with Crippen molar-refractivity contribution >= 4 is 11.3 Å². The Kier molecular flexibility index (Phi) is 5.08. The first-order valence-electron chi connectivity index (χ1n) is 8.59. The second-order valence-corrected chi connectivity index (χ2v) is 8.39. The standard InChI is InChI=1S/C20H27NOS/c1-20(2,3)19-11-10-18(23-19)16-8-4-5-9-17(16)22-15-14-21-12-6-7-13-21/h4-5,8-11H,6-7,12-15H2,1-3H3. The minimum atomic E-state index is 0.203. The van der Waals surface area contributed by atoms with Crippen LogP contribution < -0.4 is 4.74 Å². The minimum Gasteiger partial charge on any atom is -0.492 e. The molecule has 3 heteroatoms. The normalized spacial score (nSPS) is 16.0. The highest BCUT2D eigenvalue weighted by atomic mass is 32.1. The molecule has 0 aliphatic carbocycles. The van der Waals surface area contributed by atoms with Crippen LogP contribution in [0.5, 0.6) is 5.75 Å². The molecule has 23 heavy (non-hydrogen) atoms. The van der Waals surface area contributed by atoms with Crippen molar-refractivity contribution in [1.29, 1.82) is 0 Å². The van der Waals surface area contributed by atoms with Crippen LogP contribution in [0.1, 0.15) is 38.5 Å². The van der Waals surface area contributed by atoms with Crippen molar-refractivity contribution in [3.63, 3.8) is 0 Å². The van der Waals surface area contributed by atoms with Crippen molar-refractivity contribution in [2.24, 2.45) is 0 Å². The number of ether oxygens (including phenoxy) is 1. The molecule has 2 nitrogen and oxygen atoms in total. The molecule has 1 saturated heterocycles. The molecule has 0 saturated carbocycles. The second-order valence-electron chi connectivity index (χ2n) is 7.31. The number of nitrogens with zero attached hydrogens (tertiary/aromatic N) is 1. The van der Waals surface area contributed by atoms with Gasteiger partial charge in [0.2, 0.25) is 0 Å². The van der Waals surface area contributed by atoms with Gasteiger partial charge in [0.05, 0.1) is 0 Å². The summed E-state index contributed by atoms with van der Waals surface area (Å²) in [6, 6.07) is 12.9. The summed E-state index contributed by atoms with van der Waals surface area (Å²) in [5.41, 5.74) is 1.42. The van der Waals surface area contributed by atoms with Gasteiger partial charge in [0, 0.05) is 21.9 Å². The zero-order valence-electron chi connectivity index (χ0n) is 14.5. The quantitative estimate of drug-likeness (QED) is 0.749. The van der Waals surface area contributed by atoms with E-state index >= 15 is 0 Å². The van der Waals surface area contributed by atoms with Crippen molar-refractivity contribution < 1.29 is 4.74 Å². The molecule has 124 valence electrons. The number of hydrogen-bond donors (Lipinski definition) is 0. The van der Waals surface area contributed by atoms with Crippen LogP contribution in [0.25, 0.3) is 10.4 Å². The highest BCUT2D eigenvalue weighted by Gasteiger charge is 2.18. The largest absolute Gasteiger partial charge is 0.492 e. The summed E-state index contributed by atoms with van der Waals surface area (Å²) in [7, 11) is 0. The van der Waals surface area contributed by atoms with Gasteiger partial charge in [0.15, 0.2) is 0 Å². The first-order valence-corrected chi connectivity index (χ1v) is 9.40. The Bertz CT molecular complexity index is 635. The molecule has 0 unspecified atom stereocenters. The molecule has 2 aromatic rings.